The minimum atomic E-state index is -0.828. The standard InChI is InChI=1S/C13H20O8/c1-7(14)18-5-10-12(17-4)13(21-9(3)16)11(6-19-10)20-8(2)15/h10-13H,5-6H2,1-4H3/t10-,11-,12-,13-/m0/s1. The minimum absolute atomic E-state index is 0.0172. The molecule has 1 aliphatic heterocycles. The van der Waals surface area contributed by atoms with Gasteiger partial charge in [-0.3, -0.25) is 14.4 Å². The molecule has 0 saturated carbocycles. The smallest absolute Gasteiger partial charge is 0.303 e. The lowest BCUT2D eigenvalue weighted by Gasteiger charge is -2.40. The SMILES string of the molecule is CO[C@@H]1[C@@H](OC(C)=O)[C@@H](OC(C)=O)CO[C@H]1COC(C)=O. The highest BCUT2D eigenvalue weighted by molar-refractivity contribution is 5.67. The van der Waals surface area contributed by atoms with Gasteiger partial charge in [0.05, 0.1) is 6.61 Å². The van der Waals surface area contributed by atoms with Gasteiger partial charge in [-0.2, -0.15) is 0 Å². The highest BCUT2D eigenvalue weighted by Crippen LogP contribution is 2.24. The molecular formula is C13H20O8. The van der Waals surface area contributed by atoms with Crippen molar-refractivity contribution in [2.45, 2.75) is 45.2 Å². The van der Waals surface area contributed by atoms with Crippen LogP contribution in [0, 0.1) is 0 Å². The first-order valence-electron chi connectivity index (χ1n) is 6.47. The summed E-state index contributed by atoms with van der Waals surface area (Å²) in [4.78, 5) is 33.2. The number of esters is 3. The van der Waals surface area contributed by atoms with Crippen LogP contribution in [-0.4, -0.2) is 62.6 Å². The molecule has 4 atom stereocenters. The maximum Gasteiger partial charge on any atom is 0.303 e. The van der Waals surface area contributed by atoms with Crippen LogP contribution < -0.4 is 0 Å². The van der Waals surface area contributed by atoms with E-state index in [1.165, 1.54) is 27.9 Å². The second-order valence-electron chi connectivity index (χ2n) is 4.60. The molecular weight excluding hydrogens is 284 g/mol. The summed E-state index contributed by atoms with van der Waals surface area (Å²) in [7, 11) is 1.40. The monoisotopic (exact) mass is 304 g/mol. The lowest BCUT2D eigenvalue weighted by molar-refractivity contribution is -0.228. The Morgan fingerprint density at radius 1 is 1.00 bits per heavy atom. The molecule has 0 aliphatic carbocycles. The normalized spacial score (nSPS) is 28.6. The second-order valence-corrected chi connectivity index (χ2v) is 4.60. The van der Waals surface area contributed by atoms with Crippen molar-refractivity contribution >= 4 is 17.9 Å². The molecule has 0 aromatic heterocycles. The molecule has 1 rings (SSSR count). The van der Waals surface area contributed by atoms with Crippen molar-refractivity contribution in [2.24, 2.45) is 0 Å². The predicted octanol–water partition coefficient (Wildman–Crippen LogP) is -0.173. The summed E-state index contributed by atoms with van der Waals surface area (Å²) in [6, 6.07) is 0. The maximum absolute atomic E-state index is 11.2. The molecule has 8 nitrogen and oxygen atoms in total. The predicted molar refractivity (Wildman–Crippen MR) is 68.3 cm³/mol. The van der Waals surface area contributed by atoms with Crippen molar-refractivity contribution < 1.29 is 38.1 Å². The van der Waals surface area contributed by atoms with E-state index in [4.69, 9.17) is 23.7 Å². The Morgan fingerprint density at radius 3 is 2.10 bits per heavy atom. The van der Waals surface area contributed by atoms with Gasteiger partial charge in [0.25, 0.3) is 0 Å². The molecule has 0 bridgehead atoms. The van der Waals surface area contributed by atoms with Crippen LogP contribution in [-0.2, 0) is 38.1 Å². The molecule has 0 aromatic rings. The fraction of sp³-hybridized carbons (Fsp3) is 0.769. The number of ether oxygens (including phenoxy) is 5. The van der Waals surface area contributed by atoms with Crippen molar-refractivity contribution in [3.05, 3.63) is 0 Å². The molecule has 0 spiro atoms. The zero-order valence-corrected chi connectivity index (χ0v) is 12.5. The number of carbonyl (C=O) groups excluding carboxylic acids is 3. The van der Waals surface area contributed by atoms with E-state index >= 15 is 0 Å². The van der Waals surface area contributed by atoms with E-state index in [-0.39, 0.29) is 13.2 Å². The Labute approximate surface area is 122 Å². The number of carbonyl (C=O) groups is 3. The molecule has 1 aliphatic rings. The first-order chi connectivity index (χ1) is 9.85. The lowest BCUT2D eigenvalue weighted by Crippen LogP contribution is -2.57. The van der Waals surface area contributed by atoms with Gasteiger partial charge in [0.1, 0.15) is 18.8 Å². The zero-order chi connectivity index (χ0) is 16.0. The van der Waals surface area contributed by atoms with Crippen LogP contribution in [0.2, 0.25) is 0 Å². The van der Waals surface area contributed by atoms with Gasteiger partial charge in [0.2, 0.25) is 0 Å². The van der Waals surface area contributed by atoms with Crippen molar-refractivity contribution in [1.82, 2.24) is 0 Å². The van der Waals surface area contributed by atoms with Gasteiger partial charge < -0.3 is 23.7 Å². The number of hydrogen-bond acceptors (Lipinski definition) is 8. The number of methoxy groups -OCH3 is 1. The molecule has 0 unspecified atom stereocenters. The van der Waals surface area contributed by atoms with Gasteiger partial charge in [0, 0.05) is 27.9 Å². The average molecular weight is 304 g/mol. The molecule has 120 valence electrons. The lowest BCUT2D eigenvalue weighted by atomic mass is 9.99. The van der Waals surface area contributed by atoms with E-state index in [0.29, 0.717) is 0 Å². The van der Waals surface area contributed by atoms with Crippen LogP contribution >= 0.6 is 0 Å². The van der Waals surface area contributed by atoms with Crippen molar-refractivity contribution in [3.8, 4) is 0 Å². The maximum atomic E-state index is 11.2. The molecule has 0 radical (unpaired) electrons. The minimum Gasteiger partial charge on any atom is -0.463 e. The third-order valence-corrected chi connectivity index (χ3v) is 2.87. The summed E-state index contributed by atoms with van der Waals surface area (Å²) in [5.74, 6) is -1.51. The highest BCUT2D eigenvalue weighted by Gasteiger charge is 2.45. The van der Waals surface area contributed by atoms with Crippen LogP contribution in [0.5, 0.6) is 0 Å². The fourth-order valence-corrected chi connectivity index (χ4v) is 2.11. The molecule has 0 N–H and O–H groups in total. The zero-order valence-electron chi connectivity index (χ0n) is 12.5. The molecule has 1 heterocycles. The molecule has 21 heavy (non-hydrogen) atoms. The van der Waals surface area contributed by atoms with E-state index in [1.807, 2.05) is 0 Å². The Hall–Kier alpha value is -1.67. The van der Waals surface area contributed by atoms with Crippen LogP contribution in [0.4, 0.5) is 0 Å². The first-order valence-corrected chi connectivity index (χ1v) is 6.47. The van der Waals surface area contributed by atoms with Crippen molar-refractivity contribution in [1.29, 1.82) is 0 Å². The van der Waals surface area contributed by atoms with Gasteiger partial charge in [-0.15, -0.1) is 0 Å². The van der Waals surface area contributed by atoms with Gasteiger partial charge >= 0.3 is 17.9 Å². The summed E-state index contributed by atoms with van der Waals surface area (Å²) in [5, 5.41) is 0. The Bertz CT molecular complexity index is 394. The Balaban J connectivity index is 2.83. The third kappa shape index (κ3) is 5.31. The van der Waals surface area contributed by atoms with Crippen LogP contribution in [0.15, 0.2) is 0 Å². The molecule has 8 heteroatoms. The second kappa shape index (κ2) is 7.94. The number of rotatable bonds is 5. The molecule has 0 amide bonds. The Kier molecular flexibility index (Phi) is 6.57. The van der Waals surface area contributed by atoms with Gasteiger partial charge in [-0.25, -0.2) is 0 Å². The third-order valence-electron chi connectivity index (χ3n) is 2.87. The van der Waals surface area contributed by atoms with Crippen molar-refractivity contribution in [3.63, 3.8) is 0 Å². The van der Waals surface area contributed by atoms with E-state index in [2.05, 4.69) is 0 Å². The molecule has 0 aromatic carbocycles. The largest absolute Gasteiger partial charge is 0.463 e. The summed E-state index contributed by atoms with van der Waals surface area (Å²) in [5.41, 5.74) is 0. The first kappa shape index (κ1) is 17.4. The van der Waals surface area contributed by atoms with Crippen LogP contribution in [0.3, 0.4) is 0 Å². The average Bonchev–Trinajstić information content (AvgIpc) is 2.37. The summed E-state index contributed by atoms with van der Waals surface area (Å²) >= 11 is 0. The molecule has 1 fully saturated rings. The quantitative estimate of drug-likeness (QED) is 0.510. The van der Waals surface area contributed by atoms with E-state index in [1.54, 1.807) is 0 Å². The fourth-order valence-electron chi connectivity index (χ4n) is 2.11. The van der Waals surface area contributed by atoms with Gasteiger partial charge in [0.15, 0.2) is 12.2 Å². The van der Waals surface area contributed by atoms with E-state index < -0.39 is 42.3 Å². The summed E-state index contributed by atoms with van der Waals surface area (Å²) in [6.45, 7) is 3.74. The van der Waals surface area contributed by atoms with Gasteiger partial charge in [-0.05, 0) is 0 Å². The Morgan fingerprint density at radius 2 is 1.62 bits per heavy atom. The topological polar surface area (TPSA) is 97.4 Å². The van der Waals surface area contributed by atoms with Crippen LogP contribution in [0.1, 0.15) is 20.8 Å². The number of hydrogen-bond donors (Lipinski definition) is 0. The highest BCUT2D eigenvalue weighted by atomic mass is 16.6. The summed E-state index contributed by atoms with van der Waals surface area (Å²) < 4.78 is 25.9. The van der Waals surface area contributed by atoms with Crippen LogP contribution in [0.25, 0.3) is 0 Å². The van der Waals surface area contributed by atoms with Gasteiger partial charge in [-0.1, -0.05) is 0 Å². The van der Waals surface area contributed by atoms with E-state index in [9.17, 15) is 14.4 Å². The van der Waals surface area contributed by atoms with Crippen molar-refractivity contribution in [2.75, 3.05) is 20.3 Å². The summed E-state index contributed by atoms with van der Waals surface area (Å²) in [6.07, 6.45) is -2.93. The van der Waals surface area contributed by atoms with E-state index in [0.717, 1.165) is 0 Å². The molecule has 1 saturated heterocycles.